The van der Waals surface area contributed by atoms with Crippen molar-refractivity contribution < 1.29 is 0 Å². The number of rotatable bonds is 1. The van der Waals surface area contributed by atoms with Crippen molar-refractivity contribution in [2.24, 2.45) is 0 Å². The number of hydrogen-bond donors (Lipinski definition) is 0. The van der Waals surface area contributed by atoms with Gasteiger partial charge in [-0.15, -0.1) is 0 Å². The molecule has 63 valence electrons. The molecule has 1 radical (unpaired) electrons. The Hall–Kier alpha value is -0.980. The Kier molecular flexibility index (Phi) is 2.03. The number of anilines is 1. The van der Waals surface area contributed by atoms with E-state index < -0.39 is 0 Å². The van der Waals surface area contributed by atoms with Gasteiger partial charge in [0.25, 0.3) is 0 Å². The van der Waals surface area contributed by atoms with Gasteiger partial charge in [-0.3, -0.25) is 0 Å². The van der Waals surface area contributed by atoms with Crippen LogP contribution in [0.1, 0.15) is 19.8 Å². The first kappa shape index (κ1) is 7.66. The molecule has 1 nitrogen and oxygen atoms in total. The third kappa shape index (κ3) is 1.31. The number of benzene rings is 1. The van der Waals surface area contributed by atoms with Gasteiger partial charge in [-0.05, 0) is 38.0 Å². The van der Waals surface area contributed by atoms with Crippen LogP contribution in [-0.4, -0.2) is 12.6 Å². The summed E-state index contributed by atoms with van der Waals surface area (Å²) in [5.74, 6) is 0. The highest BCUT2D eigenvalue weighted by Gasteiger charge is 2.19. The van der Waals surface area contributed by atoms with Crippen molar-refractivity contribution in [1.29, 1.82) is 0 Å². The lowest BCUT2D eigenvalue weighted by Crippen LogP contribution is -2.25. The number of nitrogens with zero attached hydrogens (tertiary/aromatic N) is 1. The zero-order chi connectivity index (χ0) is 8.39. The predicted octanol–water partition coefficient (Wildman–Crippen LogP) is 2.48. The van der Waals surface area contributed by atoms with Crippen LogP contribution in [0.2, 0.25) is 0 Å². The molecule has 0 amide bonds. The molecule has 0 aliphatic carbocycles. The van der Waals surface area contributed by atoms with E-state index in [1.807, 2.05) is 12.1 Å². The maximum absolute atomic E-state index is 3.04. The van der Waals surface area contributed by atoms with Crippen molar-refractivity contribution in [2.45, 2.75) is 25.8 Å². The molecule has 0 aromatic heterocycles. The van der Waals surface area contributed by atoms with Crippen LogP contribution in [0.3, 0.4) is 0 Å². The SMILES string of the molecule is C[C@H]1CCCN1c1cc[c]cc1. The normalized spacial score (nSPS) is 23.1. The van der Waals surface area contributed by atoms with Crippen LogP contribution in [0, 0.1) is 6.07 Å². The summed E-state index contributed by atoms with van der Waals surface area (Å²) >= 11 is 0. The minimum Gasteiger partial charge on any atom is -0.369 e. The maximum Gasteiger partial charge on any atom is 0.0369 e. The monoisotopic (exact) mass is 160 g/mol. The summed E-state index contributed by atoms with van der Waals surface area (Å²) < 4.78 is 0. The van der Waals surface area contributed by atoms with Crippen molar-refractivity contribution in [3.8, 4) is 0 Å². The largest absolute Gasteiger partial charge is 0.369 e. The highest BCUT2D eigenvalue weighted by molar-refractivity contribution is 5.47. The van der Waals surface area contributed by atoms with Gasteiger partial charge in [0.05, 0.1) is 0 Å². The van der Waals surface area contributed by atoms with Gasteiger partial charge in [-0.2, -0.15) is 0 Å². The summed E-state index contributed by atoms with van der Waals surface area (Å²) in [5, 5.41) is 0. The van der Waals surface area contributed by atoms with Gasteiger partial charge >= 0.3 is 0 Å². The number of hydrogen-bond acceptors (Lipinski definition) is 1. The van der Waals surface area contributed by atoms with Crippen LogP contribution in [-0.2, 0) is 0 Å². The van der Waals surface area contributed by atoms with E-state index in [1.165, 1.54) is 25.1 Å². The van der Waals surface area contributed by atoms with Crippen molar-refractivity contribution in [1.82, 2.24) is 0 Å². The van der Waals surface area contributed by atoms with Crippen LogP contribution in [0.15, 0.2) is 24.3 Å². The lowest BCUT2D eigenvalue weighted by Gasteiger charge is -2.23. The van der Waals surface area contributed by atoms with Gasteiger partial charge in [0.2, 0.25) is 0 Å². The Bertz CT molecular complexity index is 242. The second-order valence-electron chi connectivity index (χ2n) is 3.44. The molecule has 1 aromatic rings. The predicted molar refractivity (Wildman–Crippen MR) is 51.3 cm³/mol. The van der Waals surface area contributed by atoms with E-state index in [-0.39, 0.29) is 0 Å². The fourth-order valence-corrected chi connectivity index (χ4v) is 1.89. The fraction of sp³-hybridized carbons (Fsp3) is 0.455. The maximum atomic E-state index is 3.04. The first-order chi connectivity index (χ1) is 5.88. The van der Waals surface area contributed by atoms with Gasteiger partial charge in [-0.25, -0.2) is 0 Å². The first-order valence-electron chi connectivity index (χ1n) is 4.60. The quantitative estimate of drug-likeness (QED) is 0.610. The van der Waals surface area contributed by atoms with Crippen LogP contribution in [0.25, 0.3) is 0 Å². The van der Waals surface area contributed by atoms with E-state index in [2.05, 4.69) is 30.0 Å². The Morgan fingerprint density at radius 3 is 2.75 bits per heavy atom. The molecule has 1 heteroatoms. The molecule has 0 spiro atoms. The Balaban J connectivity index is 2.19. The molecular weight excluding hydrogens is 146 g/mol. The molecule has 12 heavy (non-hydrogen) atoms. The molecule has 1 atom stereocenters. The molecule has 1 aromatic carbocycles. The van der Waals surface area contributed by atoms with E-state index in [4.69, 9.17) is 0 Å². The Morgan fingerprint density at radius 2 is 2.17 bits per heavy atom. The zero-order valence-corrected chi connectivity index (χ0v) is 7.46. The first-order valence-corrected chi connectivity index (χ1v) is 4.60. The van der Waals surface area contributed by atoms with Crippen LogP contribution in [0.4, 0.5) is 5.69 Å². The van der Waals surface area contributed by atoms with Gasteiger partial charge in [0.1, 0.15) is 0 Å². The molecule has 1 aliphatic heterocycles. The van der Waals surface area contributed by atoms with Crippen LogP contribution >= 0.6 is 0 Å². The Labute approximate surface area is 74.0 Å². The third-order valence-electron chi connectivity index (χ3n) is 2.59. The van der Waals surface area contributed by atoms with Crippen molar-refractivity contribution in [3.05, 3.63) is 30.3 Å². The van der Waals surface area contributed by atoms with Gasteiger partial charge < -0.3 is 4.90 Å². The second-order valence-corrected chi connectivity index (χ2v) is 3.44. The van der Waals surface area contributed by atoms with Gasteiger partial charge in [0.15, 0.2) is 0 Å². The van der Waals surface area contributed by atoms with Gasteiger partial charge in [0, 0.05) is 18.3 Å². The van der Waals surface area contributed by atoms with Crippen LogP contribution in [0.5, 0.6) is 0 Å². The minimum absolute atomic E-state index is 0.715. The van der Waals surface area contributed by atoms with Gasteiger partial charge in [-0.1, -0.05) is 12.1 Å². The highest BCUT2D eigenvalue weighted by atomic mass is 15.2. The molecule has 1 heterocycles. The molecule has 0 bridgehead atoms. The summed E-state index contributed by atoms with van der Waals surface area (Å²) in [4.78, 5) is 2.47. The van der Waals surface area contributed by atoms with Crippen molar-refractivity contribution >= 4 is 5.69 Å². The van der Waals surface area contributed by atoms with E-state index in [0.717, 1.165) is 0 Å². The highest BCUT2D eigenvalue weighted by Crippen LogP contribution is 2.24. The molecule has 0 N–H and O–H groups in total. The van der Waals surface area contributed by atoms with E-state index in [9.17, 15) is 0 Å². The zero-order valence-electron chi connectivity index (χ0n) is 7.46. The summed E-state index contributed by atoms with van der Waals surface area (Å²) in [7, 11) is 0. The molecule has 1 fully saturated rings. The van der Waals surface area contributed by atoms with E-state index in [0.29, 0.717) is 6.04 Å². The lowest BCUT2D eigenvalue weighted by molar-refractivity contribution is 0.735. The van der Waals surface area contributed by atoms with Crippen LogP contribution < -0.4 is 4.90 Å². The second kappa shape index (κ2) is 3.18. The van der Waals surface area contributed by atoms with E-state index >= 15 is 0 Å². The summed E-state index contributed by atoms with van der Waals surface area (Å²) in [6.07, 6.45) is 2.67. The summed E-state index contributed by atoms with van der Waals surface area (Å²) in [6.45, 7) is 3.51. The van der Waals surface area contributed by atoms with Crippen molar-refractivity contribution in [2.75, 3.05) is 11.4 Å². The molecule has 0 saturated carbocycles. The molecule has 2 rings (SSSR count). The third-order valence-corrected chi connectivity index (χ3v) is 2.59. The van der Waals surface area contributed by atoms with Crippen molar-refractivity contribution in [3.63, 3.8) is 0 Å². The molecule has 1 saturated heterocycles. The lowest BCUT2D eigenvalue weighted by atomic mass is 10.2. The minimum atomic E-state index is 0.715. The standard InChI is InChI=1S/C11H14N/c1-10-6-5-9-12(10)11-7-3-2-4-8-11/h3-4,7-8,10H,5-6,9H2,1H3/t10-/m0/s1. The van der Waals surface area contributed by atoms with E-state index in [1.54, 1.807) is 0 Å². The molecular formula is C11H14N. The summed E-state index contributed by atoms with van der Waals surface area (Å²) in [5.41, 5.74) is 1.35. The molecule has 0 unspecified atom stereocenters. The fourth-order valence-electron chi connectivity index (χ4n) is 1.89. The Morgan fingerprint density at radius 1 is 1.42 bits per heavy atom. The summed E-state index contributed by atoms with van der Waals surface area (Å²) in [6, 6.07) is 12.0. The smallest absolute Gasteiger partial charge is 0.0369 e. The average molecular weight is 160 g/mol. The topological polar surface area (TPSA) is 3.24 Å². The molecule has 1 aliphatic rings. The average Bonchev–Trinajstić information content (AvgIpc) is 2.53.